The molecule has 0 aromatic rings. The normalized spacial score (nSPS) is 25.3. The van der Waals surface area contributed by atoms with Crippen LogP contribution in [-0.4, -0.2) is 115 Å². The number of allylic oxidation sites excluding steroid dienone is 5. The van der Waals surface area contributed by atoms with E-state index in [9.17, 15) is 44.0 Å². The highest BCUT2D eigenvalue weighted by molar-refractivity contribution is 7.47. The van der Waals surface area contributed by atoms with Crippen molar-refractivity contribution >= 4 is 27.6 Å². The van der Waals surface area contributed by atoms with Crippen LogP contribution in [-0.2, 0) is 46.5 Å². The highest BCUT2D eigenvalue weighted by Crippen LogP contribution is 2.49. The van der Waals surface area contributed by atoms with Gasteiger partial charge in [0.25, 0.3) is 0 Å². The van der Waals surface area contributed by atoms with Gasteiger partial charge in [-0.15, -0.1) is 0 Å². The fourth-order valence-corrected chi connectivity index (χ4v) is 8.89. The second kappa shape index (κ2) is 33.6. The molecule has 0 bridgehead atoms. The second-order valence-electron chi connectivity index (χ2n) is 16.9. The molecule has 0 aromatic heterocycles. The third-order valence-electron chi connectivity index (χ3n) is 11.1. The predicted molar refractivity (Wildman–Crippen MR) is 241 cm³/mol. The summed E-state index contributed by atoms with van der Waals surface area (Å²) in [6, 6.07) is 0. The number of epoxide rings is 1. The van der Waals surface area contributed by atoms with Gasteiger partial charge in [0.2, 0.25) is 0 Å². The standard InChI is InChI=1S/C45H80O17P2/c1-3-5-7-8-9-10-11-12-13-18-21-24-28-32-39(47)59-35(34-58-64(55,56)62-45-42(50)40(48)41(49)44(43(45)51)61-63(52,53)54)33-57-38(46)31-27-23-20-17-15-14-16-19-22-26-30-37-36(60-37)29-25-6-4-2/h14,16-17,20,22,26,35-37,40-45,48-51H,3-13,15,18-19,21,23-25,27-34H2,1-2H3,(H,55,56)(H2,52,53,54)/b16-14-,20-17-,26-22-/t35-,36?,37?,40?,41?,42?,43?,44-,45+/m1/s1. The molecule has 1 saturated heterocycles. The van der Waals surface area contributed by atoms with Gasteiger partial charge in [-0.3, -0.25) is 23.2 Å². The average Bonchev–Trinajstić information content (AvgIpc) is 4.00. The minimum atomic E-state index is -5.37. The van der Waals surface area contributed by atoms with Crippen molar-refractivity contribution in [3.05, 3.63) is 36.5 Å². The zero-order valence-electron chi connectivity index (χ0n) is 38.2. The second-order valence-corrected chi connectivity index (χ2v) is 19.5. The maximum atomic E-state index is 13.0. The number of hydrogen-bond donors (Lipinski definition) is 7. The number of carbonyl (C=O) groups excluding carboxylic acids is 2. The SMILES string of the molecule is CCCCCCCCCCCCCCCC(=O)O[C@H](COC(=O)CCC/C=C\C/C=C\C/C=C\CC1OC1CCCCC)COP(=O)(O)O[C@H]1C(O)C(O)C(O)[C@@H](OP(=O)(O)O)C1O. The largest absolute Gasteiger partial charge is 0.472 e. The van der Waals surface area contributed by atoms with Crippen molar-refractivity contribution < 1.29 is 81.6 Å². The Kier molecular flexibility index (Phi) is 30.6. The van der Waals surface area contributed by atoms with Crippen molar-refractivity contribution in [1.29, 1.82) is 0 Å². The molecule has 10 atom stereocenters. The molecule has 1 saturated carbocycles. The smallest absolute Gasteiger partial charge is 0.462 e. The van der Waals surface area contributed by atoms with Gasteiger partial charge in [-0.25, -0.2) is 9.13 Å². The first-order valence-electron chi connectivity index (χ1n) is 23.7. The molecular formula is C45H80O17P2. The van der Waals surface area contributed by atoms with E-state index in [1.165, 1.54) is 70.6 Å². The number of ether oxygens (including phenoxy) is 3. The molecule has 17 nitrogen and oxygen atoms in total. The Hall–Kier alpha value is -1.82. The zero-order chi connectivity index (χ0) is 47.2. The maximum absolute atomic E-state index is 13.0. The average molecular weight is 955 g/mol. The van der Waals surface area contributed by atoms with Gasteiger partial charge in [0.1, 0.15) is 43.2 Å². The number of aliphatic hydroxyl groups is 4. The monoisotopic (exact) mass is 954 g/mol. The first-order chi connectivity index (χ1) is 30.6. The lowest BCUT2D eigenvalue weighted by Gasteiger charge is -2.43. The maximum Gasteiger partial charge on any atom is 0.472 e. The highest BCUT2D eigenvalue weighted by Gasteiger charge is 2.54. The summed E-state index contributed by atoms with van der Waals surface area (Å²) < 4.78 is 55.0. The van der Waals surface area contributed by atoms with E-state index in [0.29, 0.717) is 31.5 Å². The van der Waals surface area contributed by atoms with Gasteiger partial charge in [0.05, 0.1) is 18.8 Å². The molecule has 19 heteroatoms. The molecule has 0 amide bonds. The highest BCUT2D eigenvalue weighted by atomic mass is 31.2. The van der Waals surface area contributed by atoms with Gasteiger partial charge in [-0.05, 0) is 44.9 Å². The van der Waals surface area contributed by atoms with Crippen LogP contribution in [0.4, 0.5) is 0 Å². The number of esters is 2. The van der Waals surface area contributed by atoms with E-state index >= 15 is 0 Å². The summed E-state index contributed by atoms with van der Waals surface area (Å²) in [7, 11) is -10.7. The van der Waals surface area contributed by atoms with E-state index in [-0.39, 0.29) is 12.8 Å². The molecule has 7 unspecified atom stereocenters. The quantitative estimate of drug-likeness (QED) is 0.0103. The Labute approximate surface area is 380 Å². The summed E-state index contributed by atoms with van der Waals surface area (Å²) in [4.78, 5) is 54.2. The van der Waals surface area contributed by atoms with E-state index in [4.69, 9.17) is 33.0 Å². The number of rotatable bonds is 38. The van der Waals surface area contributed by atoms with Crippen LogP contribution >= 0.6 is 15.6 Å². The van der Waals surface area contributed by atoms with Crippen molar-refractivity contribution in [2.24, 2.45) is 0 Å². The number of unbranched alkanes of at least 4 members (excludes halogenated alkanes) is 15. The van der Waals surface area contributed by atoms with E-state index in [2.05, 4.69) is 42.7 Å². The number of phosphoric ester groups is 2. The van der Waals surface area contributed by atoms with Crippen LogP contribution in [0.1, 0.15) is 168 Å². The van der Waals surface area contributed by atoms with Gasteiger partial charge in [0.15, 0.2) is 6.10 Å². The van der Waals surface area contributed by atoms with Crippen molar-refractivity contribution in [3.63, 3.8) is 0 Å². The first-order valence-corrected chi connectivity index (χ1v) is 26.7. The molecule has 2 rings (SSSR count). The topological polar surface area (TPSA) is 269 Å². The lowest BCUT2D eigenvalue weighted by Crippen LogP contribution is -2.64. The van der Waals surface area contributed by atoms with Gasteiger partial charge < -0.3 is 49.3 Å². The minimum absolute atomic E-state index is 0.0326. The van der Waals surface area contributed by atoms with Gasteiger partial charge in [-0.1, -0.05) is 147 Å². The Bertz CT molecular complexity index is 1450. The van der Waals surface area contributed by atoms with Crippen LogP contribution in [0.15, 0.2) is 36.5 Å². The summed E-state index contributed by atoms with van der Waals surface area (Å²) in [5, 5.41) is 41.2. The first kappa shape index (κ1) is 58.3. The fraction of sp³-hybridized carbons (Fsp3) is 0.822. The molecule has 1 aliphatic carbocycles. The van der Waals surface area contributed by atoms with Crippen LogP contribution in [0.2, 0.25) is 0 Å². The summed E-state index contributed by atoms with van der Waals surface area (Å²) in [5.74, 6) is -1.27. The van der Waals surface area contributed by atoms with Gasteiger partial charge in [-0.2, -0.15) is 0 Å². The van der Waals surface area contributed by atoms with Crippen LogP contribution < -0.4 is 0 Å². The summed E-state index contributed by atoms with van der Waals surface area (Å²) in [5.41, 5.74) is 0. The number of carbonyl (C=O) groups is 2. The molecule has 7 N–H and O–H groups in total. The molecule has 1 heterocycles. The summed E-state index contributed by atoms with van der Waals surface area (Å²) in [6.07, 6.45) is 21.4. The molecule has 64 heavy (non-hydrogen) atoms. The molecule has 0 radical (unpaired) electrons. The van der Waals surface area contributed by atoms with E-state index in [1.807, 2.05) is 12.2 Å². The molecule has 372 valence electrons. The van der Waals surface area contributed by atoms with Crippen LogP contribution in [0.5, 0.6) is 0 Å². The minimum Gasteiger partial charge on any atom is -0.462 e. The lowest BCUT2D eigenvalue weighted by atomic mass is 9.85. The Balaban J connectivity index is 1.81. The van der Waals surface area contributed by atoms with Crippen LogP contribution in [0.3, 0.4) is 0 Å². The molecule has 2 aliphatic rings. The third kappa shape index (κ3) is 27.1. The van der Waals surface area contributed by atoms with Gasteiger partial charge in [0, 0.05) is 12.8 Å². The van der Waals surface area contributed by atoms with E-state index in [1.54, 1.807) is 0 Å². The Morgan fingerprint density at radius 1 is 0.578 bits per heavy atom. The van der Waals surface area contributed by atoms with Crippen molar-refractivity contribution in [3.8, 4) is 0 Å². The number of phosphoric acid groups is 2. The summed E-state index contributed by atoms with van der Waals surface area (Å²) >= 11 is 0. The van der Waals surface area contributed by atoms with Crippen molar-refractivity contribution in [2.45, 2.75) is 223 Å². The Morgan fingerprint density at radius 3 is 1.69 bits per heavy atom. The van der Waals surface area contributed by atoms with Crippen molar-refractivity contribution in [2.75, 3.05) is 13.2 Å². The molecule has 2 fully saturated rings. The Morgan fingerprint density at radius 2 is 1.09 bits per heavy atom. The van der Waals surface area contributed by atoms with Crippen molar-refractivity contribution in [1.82, 2.24) is 0 Å². The molecule has 1 aliphatic heterocycles. The molecule has 0 spiro atoms. The molecular weight excluding hydrogens is 874 g/mol. The zero-order valence-corrected chi connectivity index (χ0v) is 39.9. The number of hydrogen-bond acceptors (Lipinski definition) is 14. The fourth-order valence-electron chi connectivity index (χ4n) is 7.35. The van der Waals surface area contributed by atoms with Crippen LogP contribution in [0, 0.1) is 0 Å². The van der Waals surface area contributed by atoms with E-state index in [0.717, 1.165) is 51.4 Å². The predicted octanol–water partition coefficient (Wildman–Crippen LogP) is 7.72. The van der Waals surface area contributed by atoms with Gasteiger partial charge >= 0.3 is 27.6 Å². The van der Waals surface area contributed by atoms with Crippen LogP contribution in [0.25, 0.3) is 0 Å². The third-order valence-corrected chi connectivity index (χ3v) is 12.6. The molecule has 0 aromatic carbocycles. The number of aliphatic hydroxyl groups excluding tert-OH is 4. The van der Waals surface area contributed by atoms with E-state index < -0.39 is 83.5 Å². The summed E-state index contributed by atoms with van der Waals surface area (Å²) in [6.45, 7) is 3.02. The lowest BCUT2D eigenvalue weighted by molar-refractivity contribution is -0.216.